The Morgan fingerprint density at radius 1 is 0.833 bits per heavy atom. The summed E-state index contributed by atoms with van der Waals surface area (Å²) in [6, 6.07) is 0.420. The van der Waals surface area contributed by atoms with E-state index in [-0.39, 0.29) is 5.91 Å². The van der Waals surface area contributed by atoms with Crippen LogP contribution in [0.3, 0.4) is 0 Å². The lowest BCUT2D eigenvalue weighted by Crippen LogP contribution is -2.34. The SMILES string of the molecule is CCCCCCCCC(CCCC)NC(=O)CC. The zero-order valence-corrected chi connectivity index (χ0v) is 12.8. The maximum absolute atomic E-state index is 11.4. The molecular weight excluding hydrogens is 222 g/mol. The van der Waals surface area contributed by atoms with Gasteiger partial charge < -0.3 is 5.32 Å². The largest absolute Gasteiger partial charge is 0.353 e. The molecule has 0 aromatic rings. The van der Waals surface area contributed by atoms with Gasteiger partial charge in [0, 0.05) is 12.5 Å². The maximum Gasteiger partial charge on any atom is 0.219 e. The second-order valence-electron chi connectivity index (χ2n) is 5.32. The Bertz CT molecular complexity index is 192. The first-order chi connectivity index (χ1) is 8.74. The van der Waals surface area contributed by atoms with Gasteiger partial charge >= 0.3 is 0 Å². The molecule has 0 aliphatic carbocycles. The van der Waals surface area contributed by atoms with Crippen LogP contribution in [0, 0.1) is 0 Å². The average molecular weight is 255 g/mol. The summed E-state index contributed by atoms with van der Waals surface area (Å²) >= 11 is 0. The molecule has 0 bridgehead atoms. The Balaban J connectivity index is 3.68. The molecule has 18 heavy (non-hydrogen) atoms. The third-order valence-electron chi connectivity index (χ3n) is 3.50. The second kappa shape index (κ2) is 12.9. The van der Waals surface area contributed by atoms with Crippen molar-refractivity contribution in [1.29, 1.82) is 0 Å². The van der Waals surface area contributed by atoms with Gasteiger partial charge in [0.25, 0.3) is 0 Å². The van der Waals surface area contributed by atoms with Gasteiger partial charge in [-0.1, -0.05) is 72.1 Å². The Hall–Kier alpha value is -0.530. The molecule has 108 valence electrons. The molecule has 2 heteroatoms. The van der Waals surface area contributed by atoms with Crippen LogP contribution in [0.5, 0.6) is 0 Å². The Morgan fingerprint density at radius 3 is 2.00 bits per heavy atom. The highest BCUT2D eigenvalue weighted by Crippen LogP contribution is 2.12. The predicted octanol–water partition coefficient (Wildman–Crippen LogP) is 4.82. The van der Waals surface area contributed by atoms with Crippen LogP contribution >= 0.6 is 0 Å². The molecule has 0 spiro atoms. The van der Waals surface area contributed by atoms with Gasteiger partial charge in [-0.05, 0) is 12.8 Å². The van der Waals surface area contributed by atoms with E-state index in [4.69, 9.17) is 0 Å². The number of rotatable bonds is 12. The van der Waals surface area contributed by atoms with Crippen molar-refractivity contribution >= 4 is 5.91 Å². The van der Waals surface area contributed by atoms with Crippen molar-refractivity contribution in [2.75, 3.05) is 0 Å². The van der Waals surface area contributed by atoms with Crippen molar-refractivity contribution in [3.8, 4) is 0 Å². The average Bonchev–Trinajstić information content (AvgIpc) is 2.39. The molecule has 2 nitrogen and oxygen atoms in total. The van der Waals surface area contributed by atoms with Crippen LogP contribution in [0.4, 0.5) is 0 Å². The number of hydrogen-bond donors (Lipinski definition) is 1. The quantitative estimate of drug-likeness (QED) is 0.498. The number of carbonyl (C=O) groups is 1. The summed E-state index contributed by atoms with van der Waals surface area (Å²) in [6.45, 7) is 6.39. The van der Waals surface area contributed by atoms with Gasteiger partial charge in [0.2, 0.25) is 5.91 Å². The second-order valence-corrected chi connectivity index (χ2v) is 5.32. The van der Waals surface area contributed by atoms with E-state index in [1.54, 1.807) is 0 Å². The molecule has 1 atom stereocenters. The zero-order valence-electron chi connectivity index (χ0n) is 12.8. The standard InChI is InChI=1S/C16H33NO/c1-4-7-9-10-11-12-14-15(13-8-5-2)17-16(18)6-3/h15H,4-14H2,1-3H3,(H,17,18). The molecule has 1 unspecified atom stereocenters. The first-order valence-electron chi connectivity index (χ1n) is 8.03. The molecule has 0 aromatic carbocycles. The molecule has 0 rings (SSSR count). The fraction of sp³-hybridized carbons (Fsp3) is 0.938. The highest BCUT2D eigenvalue weighted by atomic mass is 16.1. The Labute approximate surface area is 114 Å². The Kier molecular flexibility index (Phi) is 12.5. The smallest absolute Gasteiger partial charge is 0.219 e. The van der Waals surface area contributed by atoms with E-state index in [9.17, 15) is 4.79 Å². The van der Waals surface area contributed by atoms with Crippen LogP contribution in [-0.2, 0) is 4.79 Å². The molecule has 0 aliphatic rings. The lowest BCUT2D eigenvalue weighted by molar-refractivity contribution is -0.121. The minimum Gasteiger partial charge on any atom is -0.353 e. The summed E-state index contributed by atoms with van der Waals surface area (Å²) in [6.07, 6.45) is 13.4. The van der Waals surface area contributed by atoms with Crippen LogP contribution in [0.1, 0.15) is 91.4 Å². The summed E-state index contributed by atoms with van der Waals surface area (Å²) in [4.78, 5) is 11.4. The van der Waals surface area contributed by atoms with Gasteiger partial charge in [0.15, 0.2) is 0 Å². The Morgan fingerprint density at radius 2 is 1.39 bits per heavy atom. The normalized spacial score (nSPS) is 12.4. The molecule has 0 heterocycles. The highest BCUT2D eigenvalue weighted by Gasteiger charge is 2.10. The fourth-order valence-corrected chi connectivity index (χ4v) is 2.24. The minimum absolute atomic E-state index is 0.210. The van der Waals surface area contributed by atoms with Crippen molar-refractivity contribution in [3.05, 3.63) is 0 Å². The molecular formula is C16H33NO. The van der Waals surface area contributed by atoms with E-state index in [0.717, 1.165) is 12.8 Å². The van der Waals surface area contributed by atoms with Crippen molar-refractivity contribution in [2.24, 2.45) is 0 Å². The first-order valence-corrected chi connectivity index (χ1v) is 8.03. The lowest BCUT2D eigenvalue weighted by atomic mass is 10.0. The number of nitrogens with one attached hydrogen (secondary N) is 1. The van der Waals surface area contributed by atoms with Crippen molar-refractivity contribution < 1.29 is 4.79 Å². The number of unbranched alkanes of at least 4 members (excludes halogenated alkanes) is 6. The number of hydrogen-bond acceptors (Lipinski definition) is 1. The number of carbonyl (C=O) groups excluding carboxylic acids is 1. The third-order valence-corrected chi connectivity index (χ3v) is 3.50. The summed E-state index contributed by atoms with van der Waals surface area (Å²) in [5.74, 6) is 0.210. The van der Waals surface area contributed by atoms with Gasteiger partial charge in [-0.25, -0.2) is 0 Å². The van der Waals surface area contributed by atoms with Gasteiger partial charge in [-0.2, -0.15) is 0 Å². The zero-order chi connectivity index (χ0) is 13.6. The van der Waals surface area contributed by atoms with Crippen LogP contribution in [0.25, 0.3) is 0 Å². The summed E-state index contributed by atoms with van der Waals surface area (Å²) < 4.78 is 0. The lowest BCUT2D eigenvalue weighted by Gasteiger charge is -2.18. The van der Waals surface area contributed by atoms with E-state index in [1.807, 2.05) is 6.92 Å². The van der Waals surface area contributed by atoms with Crippen LogP contribution < -0.4 is 5.32 Å². The molecule has 0 radical (unpaired) electrons. The minimum atomic E-state index is 0.210. The first kappa shape index (κ1) is 17.5. The van der Waals surface area contributed by atoms with Gasteiger partial charge in [0.1, 0.15) is 0 Å². The van der Waals surface area contributed by atoms with Crippen molar-refractivity contribution in [3.63, 3.8) is 0 Å². The molecule has 0 saturated heterocycles. The summed E-state index contributed by atoms with van der Waals surface area (Å²) in [5.41, 5.74) is 0. The van der Waals surface area contributed by atoms with Crippen LogP contribution in [0.2, 0.25) is 0 Å². The molecule has 1 amide bonds. The third kappa shape index (κ3) is 10.6. The van der Waals surface area contributed by atoms with Crippen LogP contribution in [-0.4, -0.2) is 11.9 Å². The molecule has 0 aromatic heterocycles. The number of amides is 1. The van der Waals surface area contributed by atoms with E-state index in [0.29, 0.717) is 12.5 Å². The molecule has 1 N–H and O–H groups in total. The van der Waals surface area contributed by atoms with Crippen LogP contribution in [0.15, 0.2) is 0 Å². The van der Waals surface area contributed by atoms with E-state index >= 15 is 0 Å². The monoisotopic (exact) mass is 255 g/mol. The topological polar surface area (TPSA) is 29.1 Å². The van der Waals surface area contributed by atoms with Crippen molar-refractivity contribution in [2.45, 2.75) is 97.4 Å². The fourth-order valence-electron chi connectivity index (χ4n) is 2.24. The van der Waals surface area contributed by atoms with E-state index in [2.05, 4.69) is 19.2 Å². The van der Waals surface area contributed by atoms with E-state index in [1.165, 1.54) is 51.4 Å². The highest BCUT2D eigenvalue weighted by molar-refractivity contribution is 5.75. The summed E-state index contributed by atoms with van der Waals surface area (Å²) in [7, 11) is 0. The molecule has 0 aliphatic heterocycles. The predicted molar refractivity (Wildman–Crippen MR) is 79.7 cm³/mol. The molecule has 0 saturated carbocycles. The summed E-state index contributed by atoms with van der Waals surface area (Å²) in [5, 5.41) is 3.16. The van der Waals surface area contributed by atoms with Crippen molar-refractivity contribution in [1.82, 2.24) is 5.32 Å². The van der Waals surface area contributed by atoms with E-state index < -0.39 is 0 Å². The van der Waals surface area contributed by atoms with Gasteiger partial charge in [-0.3, -0.25) is 4.79 Å². The molecule has 0 fully saturated rings. The van der Waals surface area contributed by atoms with Gasteiger partial charge in [-0.15, -0.1) is 0 Å². The maximum atomic E-state index is 11.4. The van der Waals surface area contributed by atoms with Gasteiger partial charge in [0.05, 0.1) is 0 Å².